The molecule has 1 aliphatic rings. The van der Waals surface area contributed by atoms with Crippen molar-refractivity contribution in [1.29, 1.82) is 0 Å². The molecular weight excluding hydrogens is 248 g/mol. The van der Waals surface area contributed by atoms with E-state index in [1.807, 2.05) is 12.1 Å². The van der Waals surface area contributed by atoms with Crippen molar-refractivity contribution in [3.05, 3.63) is 70.1 Å². The highest BCUT2D eigenvalue weighted by atomic mass is 16.3. The van der Waals surface area contributed by atoms with Gasteiger partial charge in [0.1, 0.15) is 0 Å². The number of benzene rings is 2. The Bertz CT molecular complexity index is 607. The zero-order valence-electron chi connectivity index (χ0n) is 11.6. The highest BCUT2D eigenvalue weighted by Gasteiger charge is 2.21. The predicted molar refractivity (Wildman–Crippen MR) is 81.8 cm³/mol. The summed E-state index contributed by atoms with van der Waals surface area (Å²) in [6, 6.07) is 16.9. The van der Waals surface area contributed by atoms with Gasteiger partial charge in [-0.25, -0.2) is 5.01 Å². The summed E-state index contributed by atoms with van der Waals surface area (Å²) < 4.78 is 0. The molecule has 0 saturated carbocycles. The summed E-state index contributed by atoms with van der Waals surface area (Å²) in [5, 5.41) is 4.25. The zero-order valence-corrected chi connectivity index (χ0v) is 11.6. The molecule has 0 amide bonds. The monoisotopic (exact) mass is 266 g/mol. The van der Waals surface area contributed by atoms with Crippen molar-refractivity contribution >= 4 is 5.69 Å². The molecular formula is C17H18N2O. The maximum Gasteiger partial charge on any atom is 0.0623 e. The van der Waals surface area contributed by atoms with Gasteiger partial charge in [0, 0.05) is 7.05 Å². The number of hydrogen-bond donors (Lipinski definition) is 0. The summed E-state index contributed by atoms with van der Waals surface area (Å²) in [4.78, 5) is 10.5. The van der Waals surface area contributed by atoms with Crippen LogP contribution in [0.25, 0.3) is 0 Å². The van der Waals surface area contributed by atoms with Crippen LogP contribution in [0, 0.1) is 4.91 Å². The van der Waals surface area contributed by atoms with Crippen LogP contribution in [0.5, 0.6) is 0 Å². The lowest BCUT2D eigenvalue weighted by Gasteiger charge is -2.13. The summed E-state index contributed by atoms with van der Waals surface area (Å²) in [6.07, 6.45) is 3.49. The van der Waals surface area contributed by atoms with Gasteiger partial charge in [0.05, 0.1) is 11.0 Å². The Labute approximate surface area is 119 Å². The zero-order chi connectivity index (χ0) is 13.9. The van der Waals surface area contributed by atoms with Gasteiger partial charge in [-0.05, 0) is 54.0 Å². The van der Waals surface area contributed by atoms with E-state index in [0.29, 0.717) is 5.92 Å². The van der Waals surface area contributed by atoms with Crippen LogP contribution < -0.4 is 5.01 Å². The van der Waals surface area contributed by atoms with Crippen LogP contribution >= 0.6 is 0 Å². The predicted octanol–water partition coefficient (Wildman–Crippen LogP) is 4.08. The molecule has 0 heterocycles. The third-order valence-electron chi connectivity index (χ3n) is 4.17. The van der Waals surface area contributed by atoms with Crippen LogP contribution in [-0.2, 0) is 12.8 Å². The molecule has 1 aliphatic carbocycles. The lowest BCUT2D eigenvalue weighted by Crippen LogP contribution is -2.06. The minimum atomic E-state index is 0.624. The minimum Gasteiger partial charge on any atom is -0.232 e. The molecule has 0 aliphatic heterocycles. The third kappa shape index (κ3) is 2.44. The van der Waals surface area contributed by atoms with Crippen molar-refractivity contribution < 1.29 is 0 Å². The Morgan fingerprint density at radius 1 is 1.15 bits per heavy atom. The minimum absolute atomic E-state index is 0.624. The molecule has 2 aromatic carbocycles. The van der Waals surface area contributed by atoms with E-state index in [9.17, 15) is 4.91 Å². The normalized spacial score (nSPS) is 16.8. The van der Waals surface area contributed by atoms with Crippen molar-refractivity contribution in [2.45, 2.75) is 25.2 Å². The van der Waals surface area contributed by atoms with E-state index in [1.54, 1.807) is 7.05 Å². The molecule has 0 spiro atoms. The van der Waals surface area contributed by atoms with Gasteiger partial charge in [0.2, 0.25) is 0 Å². The van der Waals surface area contributed by atoms with E-state index in [-0.39, 0.29) is 0 Å². The number of aryl methyl sites for hydroxylation is 1. The van der Waals surface area contributed by atoms with Gasteiger partial charge in [-0.1, -0.05) is 36.4 Å². The maximum atomic E-state index is 10.5. The number of nitroso groups, excluding NO2 is 1. The summed E-state index contributed by atoms with van der Waals surface area (Å²) >= 11 is 0. The molecule has 0 fully saturated rings. The molecule has 0 saturated heterocycles. The van der Waals surface area contributed by atoms with Gasteiger partial charge in [-0.15, -0.1) is 4.91 Å². The lowest BCUT2D eigenvalue weighted by molar-refractivity contribution is 0.674. The van der Waals surface area contributed by atoms with Gasteiger partial charge >= 0.3 is 0 Å². The number of hydrogen-bond acceptors (Lipinski definition) is 2. The molecule has 20 heavy (non-hydrogen) atoms. The molecule has 0 radical (unpaired) electrons. The van der Waals surface area contributed by atoms with Crippen LogP contribution in [0.4, 0.5) is 5.69 Å². The molecule has 3 nitrogen and oxygen atoms in total. The van der Waals surface area contributed by atoms with Crippen LogP contribution in [-0.4, -0.2) is 7.05 Å². The van der Waals surface area contributed by atoms with E-state index >= 15 is 0 Å². The number of fused-ring (bicyclic) bond motifs is 1. The first-order valence-corrected chi connectivity index (χ1v) is 7.01. The standard InChI is InChI=1S/C17H18N2O/c1-19(18-20)16-10-6-13(7-11-16)12-15-9-8-14-4-2-3-5-17(14)15/h2-7,10-11,15H,8-9,12H2,1H3/t15-/m0/s1. The molecule has 1 atom stereocenters. The van der Waals surface area contributed by atoms with Crippen LogP contribution in [0.3, 0.4) is 0 Å². The van der Waals surface area contributed by atoms with Gasteiger partial charge in [0.15, 0.2) is 0 Å². The van der Waals surface area contributed by atoms with Gasteiger partial charge < -0.3 is 0 Å². The fourth-order valence-corrected chi connectivity index (χ4v) is 3.04. The smallest absolute Gasteiger partial charge is 0.0623 e. The van der Waals surface area contributed by atoms with Crippen LogP contribution in [0.15, 0.2) is 53.8 Å². The quantitative estimate of drug-likeness (QED) is 0.617. The van der Waals surface area contributed by atoms with Crippen molar-refractivity contribution in [2.24, 2.45) is 5.29 Å². The number of nitrogens with zero attached hydrogens (tertiary/aromatic N) is 2. The number of anilines is 1. The maximum absolute atomic E-state index is 10.5. The van der Waals surface area contributed by atoms with Gasteiger partial charge in [-0.3, -0.25) is 0 Å². The van der Waals surface area contributed by atoms with E-state index in [2.05, 4.69) is 41.7 Å². The Hall–Kier alpha value is -2.16. The van der Waals surface area contributed by atoms with Crippen LogP contribution in [0.1, 0.15) is 29.0 Å². The average Bonchev–Trinajstić information content (AvgIpc) is 2.91. The SMILES string of the molecule is CN(N=O)c1ccc(C[C@@H]2CCc3ccccc32)cc1. The fraction of sp³-hybridized carbons (Fsp3) is 0.294. The second kappa shape index (κ2) is 5.45. The van der Waals surface area contributed by atoms with Gasteiger partial charge in [-0.2, -0.15) is 0 Å². The summed E-state index contributed by atoms with van der Waals surface area (Å²) in [5.74, 6) is 0.624. The van der Waals surface area contributed by atoms with E-state index in [4.69, 9.17) is 0 Å². The largest absolute Gasteiger partial charge is 0.232 e. The molecule has 0 N–H and O–H groups in total. The number of rotatable bonds is 4. The molecule has 0 bridgehead atoms. The van der Waals surface area contributed by atoms with E-state index in [0.717, 1.165) is 12.1 Å². The van der Waals surface area contributed by atoms with Crippen molar-refractivity contribution in [3.8, 4) is 0 Å². The highest BCUT2D eigenvalue weighted by molar-refractivity contribution is 5.46. The second-order valence-corrected chi connectivity index (χ2v) is 5.41. The summed E-state index contributed by atoms with van der Waals surface area (Å²) in [7, 11) is 1.66. The summed E-state index contributed by atoms with van der Waals surface area (Å²) in [5.41, 5.74) is 5.15. The average molecular weight is 266 g/mol. The van der Waals surface area contributed by atoms with E-state index in [1.165, 1.54) is 34.5 Å². The lowest BCUT2D eigenvalue weighted by atomic mass is 9.93. The molecule has 102 valence electrons. The van der Waals surface area contributed by atoms with Crippen molar-refractivity contribution in [1.82, 2.24) is 0 Å². The first kappa shape index (κ1) is 12.9. The molecule has 3 rings (SSSR count). The van der Waals surface area contributed by atoms with Crippen molar-refractivity contribution in [2.75, 3.05) is 12.1 Å². The van der Waals surface area contributed by atoms with E-state index < -0.39 is 0 Å². The fourth-order valence-electron chi connectivity index (χ4n) is 3.04. The van der Waals surface area contributed by atoms with Gasteiger partial charge in [0.25, 0.3) is 0 Å². The molecule has 0 aromatic heterocycles. The Balaban J connectivity index is 1.74. The summed E-state index contributed by atoms with van der Waals surface area (Å²) in [6.45, 7) is 0. The molecule has 3 heteroatoms. The van der Waals surface area contributed by atoms with Crippen LogP contribution in [0.2, 0.25) is 0 Å². The first-order valence-electron chi connectivity index (χ1n) is 7.01. The Morgan fingerprint density at radius 3 is 2.65 bits per heavy atom. The second-order valence-electron chi connectivity index (χ2n) is 5.41. The first-order chi connectivity index (χ1) is 9.78. The van der Waals surface area contributed by atoms with Crippen molar-refractivity contribution in [3.63, 3.8) is 0 Å². The Kier molecular flexibility index (Phi) is 3.50. The Morgan fingerprint density at radius 2 is 1.90 bits per heavy atom. The highest BCUT2D eigenvalue weighted by Crippen LogP contribution is 2.35. The molecule has 0 unspecified atom stereocenters. The molecule has 2 aromatic rings. The topological polar surface area (TPSA) is 32.7 Å². The third-order valence-corrected chi connectivity index (χ3v) is 4.17.